The van der Waals surface area contributed by atoms with Crippen LogP contribution in [0.5, 0.6) is 17.2 Å². The highest BCUT2D eigenvalue weighted by atomic mass is 35.5. The summed E-state index contributed by atoms with van der Waals surface area (Å²) in [6.07, 6.45) is 0.976. The number of hydrogen-bond acceptors (Lipinski definition) is 6. The number of amides is 2. The lowest BCUT2D eigenvalue weighted by atomic mass is 9.60. The van der Waals surface area contributed by atoms with Crippen LogP contribution in [0.4, 0.5) is 0 Å². The minimum atomic E-state index is -0.819. The van der Waals surface area contributed by atoms with E-state index in [1.807, 2.05) is 0 Å². The molecule has 2 atom stereocenters. The Morgan fingerprint density at radius 1 is 1.00 bits per heavy atom. The van der Waals surface area contributed by atoms with E-state index in [4.69, 9.17) is 49.0 Å². The Morgan fingerprint density at radius 2 is 1.78 bits per heavy atom. The Kier molecular flexibility index (Phi) is 6.89. The zero-order valence-corrected chi connectivity index (χ0v) is 21.5. The van der Waals surface area contributed by atoms with Crippen molar-refractivity contribution in [3.63, 3.8) is 0 Å². The molecule has 2 amide bonds. The molecule has 0 unspecified atom stereocenters. The van der Waals surface area contributed by atoms with E-state index >= 15 is 0 Å². The van der Waals surface area contributed by atoms with Crippen LogP contribution in [0.25, 0.3) is 0 Å². The molecular formula is C25H25Cl3N2O6. The van der Waals surface area contributed by atoms with Crippen molar-refractivity contribution in [1.29, 1.82) is 0 Å². The summed E-state index contributed by atoms with van der Waals surface area (Å²) in [5, 5.41) is 18.3. The third-order valence-corrected chi connectivity index (χ3v) is 8.19. The van der Waals surface area contributed by atoms with Gasteiger partial charge < -0.3 is 30.0 Å². The first-order chi connectivity index (χ1) is 17.2. The first kappa shape index (κ1) is 25.3. The van der Waals surface area contributed by atoms with Gasteiger partial charge in [0.15, 0.2) is 18.1 Å². The summed E-state index contributed by atoms with van der Waals surface area (Å²) in [6, 6.07) is 9.74. The molecule has 1 aliphatic heterocycles. The quantitative estimate of drug-likeness (QED) is 0.499. The Hall–Kier alpha value is -2.39. The monoisotopic (exact) mass is 554 g/mol. The minimum Gasteiger partial charge on any atom is -0.485 e. The first-order valence-electron chi connectivity index (χ1n) is 11.7. The maximum atomic E-state index is 13.0. The summed E-state index contributed by atoms with van der Waals surface area (Å²) in [7, 11) is 0. The zero-order chi connectivity index (χ0) is 25.5. The lowest BCUT2D eigenvalue weighted by Gasteiger charge is -2.56. The van der Waals surface area contributed by atoms with Gasteiger partial charge in [-0.15, -0.1) is 0 Å². The first-order valence-corrected chi connectivity index (χ1v) is 12.8. The number of aliphatic hydroxyl groups is 1. The van der Waals surface area contributed by atoms with Gasteiger partial charge in [0, 0.05) is 22.7 Å². The van der Waals surface area contributed by atoms with E-state index in [0.29, 0.717) is 64.4 Å². The van der Waals surface area contributed by atoms with E-state index in [1.54, 1.807) is 30.3 Å². The predicted octanol–water partition coefficient (Wildman–Crippen LogP) is 3.91. The van der Waals surface area contributed by atoms with Crippen LogP contribution in [0.15, 0.2) is 36.4 Å². The van der Waals surface area contributed by atoms with E-state index in [9.17, 15) is 14.7 Å². The van der Waals surface area contributed by atoms with Crippen molar-refractivity contribution in [3.8, 4) is 17.2 Å². The summed E-state index contributed by atoms with van der Waals surface area (Å²) >= 11 is 17.9. The summed E-state index contributed by atoms with van der Waals surface area (Å²) in [6.45, 7) is -0.156. The van der Waals surface area contributed by atoms with Gasteiger partial charge in [0.1, 0.15) is 12.4 Å². The van der Waals surface area contributed by atoms with Crippen LogP contribution in [0.3, 0.4) is 0 Å². The van der Waals surface area contributed by atoms with Crippen molar-refractivity contribution in [2.45, 2.75) is 55.4 Å². The third kappa shape index (κ3) is 5.05. The molecule has 1 heterocycles. The average Bonchev–Trinajstić information content (AvgIpc) is 2.85. The zero-order valence-electron chi connectivity index (χ0n) is 19.2. The molecule has 192 valence electrons. The largest absolute Gasteiger partial charge is 0.485 e. The van der Waals surface area contributed by atoms with Gasteiger partial charge in [0.25, 0.3) is 11.8 Å². The maximum Gasteiger partial charge on any atom is 0.265 e. The number of halogens is 3. The van der Waals surface area contributed by atoms with Gasteiger partial charge in [-0.3, -0.25) is 9.59 Å². The lowest BCUT2D eigenvalue weighted by molar-refractivity contribution is -0.140. The van der Waals surface area contributed by atoms with Crippen LogP contribution < -0.4 is 24.8 Å². The third-order valence-electron chi connectivity index (χ3n) is 7.22. The van der Waals surface area contributed by atoms with Crippen molar-refractivity contribution < 1.29 is 28.9 Å². The highest BCUT2D eigenvalue weighted by Crippen LogP contribution is 2.47. The second-order valence-electron chi connectivity index (χ2n) is 9.57. The number of benzene rings is 2. The van der Waals surface area contributed by atoms with Gasteiger partial charge in [-0.05, 0) is 56.4 Å². The smallest absolute Gasteiger partial charge is 0.265 e. The van der Waals surface area contributed by atoms with Gasteiger partial charge in [0.05, 0.1) is 21.7 Å². The van der Waals surface area contributed by atoms with E-state index in [2.05, 4.69) is 10.6 Å². The topological polar surface area (TPSA) is 106 Å². The molecule has 2 aromatic rings. The molecule has 8 nitrogen and oxygen atoms in total. The Morgan fingerprint density at radius 3 is 2.50 bits per heavy atom. The molecule has 3 fully saturated rings. The lowest BCUT2D eigenvalue weighted by Crippen LogP contribution is -2.71. The van der Waals surface area contributed by atoms with E-state index in [-0.39, 0.29) is 25.0 Å². The van der Waals surface area contributed by atoms with Crippen LogP contribution in [-0.4, -0.2) is 53.4 Å². The molecule has 2 aromatic carbocycles. The van der Waals surface area contributed by atoms with E-state index in [1.165, 1.54) is 6.07 Å². The van der Waals surface area contributed by atoms with E-state index in [0.717, 1.165) is 0 Å². The number of fused-ring (bicyclic) bond motifs is 4. The summed E-state index contributed by atoms with van der Waals surface area (Å²) in [5.41, 5.74) is -1.32. The Balaban J connectivity index is 1.16. The molecular weight excluding hydrogens is 531 g/mol. The van der Waals surface area contributed by atoms with Crippen LogP contribution in [0.2, 0.25) is 15.1 Å². The van der Waals surface area contributed by atoms with Gasteiger partial charge in [0.2, 0.25) is 6.10 Å². The number of ether oxygens (including phenoxy) is 3. The minimum absolute atomic E-state index is 0.0661. The van der Waals surface area contributed by atoms with Crippen LogP contribution in [0, 0.1) is 0 Å². The predicted molar refractivity (Wildman–Crippen MR) is 134 cm³/mol. The van der Waals surface area contributed by atoms with E-state index < -0.39 is 23.3 Å². The molecule has 3 N–H and O–H groups in total. The molecule has 11 heteroatoms. The molecule has 2 bridgehead atoms. The highest BCUT2D eigenvalue weighted by Gasteiger charge is 2.55. The summed E-state index contributed by atoms with van der Waals surface area (Å²) in [4.78, 5) is 25.7. The van der Waals surface area contributed by atoms with Gasteiger partial charge in [-0.2, -0.15) is 0 Å². The van der Waals surface area contributed by atoms with Gasteiger partial charge in [-0.25, -0.2) is 0 Å². The van der Waals surface area contributed by atoms with Crippen LogP contribution in [0.1, 0.15) is 32.1 Å². The van der Waals surface area contributed by atoms with Gasteiger partial charge >= 0.3 is 0 Å². The standard InChI is InChI=1S/C25H25Cl3N2O6/c26-14-1-4-18-19(9-14)35-12-20(36-18)23(33)30-24-5-7-25(8-6-24,21(31)11-24)29-22(32)13-34-15-2-3-16(27)17(28)10-15/h1-4,9-10,20-21,31H,5-8,11-13H2,(H,29,32)(H,30,33)/t20-,21+,24?,25?/m1/s1. The number of carbonyl (C=O) groups is 2. The number of hydrogen-bond donors (Lipinski definition) is 3. The molecule has 36 heavy (non-hydrogen) atoms. The molecule has 0 radical (unpaired) electrons. The normalized spacial score (nSPS) is 28.3. The molecule has 3 saturated carbocycles. The summed E-state index contributed by atoms with van der Waals surface area (Å²) < 4.78 is 17.0. The number of rotatable bonds is 6. The molecule has 6 rings (SSSR count). The molecule has 0 aromatic heterocycles. The average molecular weight is 556 g/mol. The second-order valence-corrected chi connectivity index (χ2v) is 10.8. The highest BCUT2D eigenvalue weighted by molar-refractivity contribution is 6.42. The fourth-order valence-electron chi connectivity index (χ4n) is 5.21. The van der Waals surface area contributed by atoms with Crippen LogP contribution >= 0.6 is 34.8 Å². The van der Waals surface area contributed by atoms with Crippen molar-refractivity contribution in [1.82, 2.24) is 10.6 Å². The molecule has 0 saturated heterocycles. The summed E-state index contributed by atoms with van der Waals surface area (Å²) in [5.74, 6) is 0.743. The second kappa shape index (κ2) is 9.82. The van der Waals surface area contributed by atoms with Gasteiger partial charge in [-0.1, -0.05) is 34.8 Å². The van der Waals surface area contributed by atoms with Crippen molar-refractivity contribution in [2.24, 2.45) is 0 Å². The Bertz CT molecular complexity index is 1180. The SMILES string of the molecule is O=C(COc1ccc(Cl)c(Cl)c1)NC12CCC(NC(=O)[C@H]3COc4cc(Cl)ccc4O3)(CC1)C[C@@H]2O. The number of aliphatic hydroxyl groups excluding tert-OH is 1. The Labute approximate surface area is 223 Å². The number of nitrogens with one attached hydrogen (secondary N) is 2. The maximum absolute atomic E-state index is 13.0. The molecule has 3 aliphatic carbocycles. The molecule has 0 spiro atoms. The fraction of sp³-hybridized carbons (Fsp3) is 0.440. The van der Waals surface area contributed by atoms with Crippen molar-refractivity contribution >= 4 is 46.6 Å². The fourth-order valence-corrected chi connectivity index (χ4v) is 5.66. The van der Waals surface area contributed by atoms with Crippen LogP contribution in [-0.2, 0) is 9.59 Å². The van der Waals surface area contributed by atoms with Crippen molar-refractivity contribution in [3.05, 3.63) is 51.5 Å². The molecule has 4 aliphatic rings. The number of carbonyl (C=O) groups excluding carboxylic acids is 2. The van der Waals surface area contributed by atoms with Crippen molar-refractivity contribution in [2.75, 3.05) is 13.2 Å².